The van der Waals surface area contributed by atoms with Gasteiger partial charge in [-0.1, -0.05) is 164 Å². The summed E-state index contributed by atoms with van der Waals surface area (Å²) >= 11 is 0. The molecule has 0 bridgehead atoms. The van der Waals surface area contributed by atoms with E-state index < -0.39 is 0 Å². The van der Waals surface area contributed by atoms with Crippen molar-refractivity contribution in [3.8, 4) is 39.1 Å². The van der Waals surface area contributed by atoms with Crippen LogP contribution in [0.5, 0.6) is 5.75 Å². The highest BCUT2D eigenvalue weighted by Gasteiger charge is 2.16. The first-order valence-electron chi connectivity index (χ1n) is 16.9. The summed E-state index contributed by atoms with van der Waals surface area (Å²) < 4.78 is 0. The van der Waals surface area contributed by atoms with Gasteiger partial charge in [0, 0.05) is 41.2 Å². The third-order valence-corrected chi connectivity index (χ3v) is 8.87. The minimum Gasteiger partial charge on any atom is -0.507 e. The van der Waals surface area contributed by atoms with Gasteiger partial charge in [0.05, 0.1) is 6.54 Å². The molecule has 5 heteroatoms. The smallest absolute Gasteiger partial charge is 0.131 e. The molecular weight excluding hydrogens is 613 g/mol. The van der Waals surface area contributed by atoms with Crippen LogP contribution in [0, 0.1) is 0 Å². The third kappa shape index (κ3) is 7.83. The molecule has 0 amide bonds. The Morgan fingerprint density at radius 1 is 0.440 bits per heavy atom. The number of rotatable bonds is 12. The molecule has 7 rings (SSSR count). The average Bonchev–Trinajstić information content (AvgIpc) is 3.16. The first-order valence-corrected chi connectivity index (χ1v) is 16.9. The lowest BCUT2D eigenvalue weighted by Gasteiger charge is -2.32. The van der Waals surface area contributed by atoms with Gasteiger partial charge in [0.2, 0.25) is 0 Å². The lowest BCUT2D eigenvalue weighted by atomic mass is 9.94. The van der Waals surface area contributed by atoms with E-state index in [1.54, 1.807) is 0 Å². The van der Waals surface area contributed by atoms with Crippen molar-refractivity contribution in [3.05, 3.63) is 199 Å². The van der Waals surface area contributed by atoms with Crippen LogP contribution >= 0.6 is 0 Å². The minimum absolute atomic E-state index is 0.263. The van der Waals surface area contributed by atoms with Crippen molar-refractivity contribution in [2.45, 2.75) is 19.6 Å². The zero-order chi connectivity index (χ0) is 34.1. The SMILES string of the molecule is NN(Cc1ccccc1)N(Cc1ccccc1)Cc1cccc(Nc2cc(-c3cccc(-c4ccccc4)c3O)ccc2-c2ccccc2)c1. The second kappa shape index (κ2) is 15.5. The Kier molecular flexibility index (Phi) is 10.1. The van der Waals surface area contributed by atoms with Crippen molar-refractivity contribution in [2.24, 2.45) is 5.84 Å². The van der Waals surface area contributed by atoms with Crippen LogP contribution in [0.1, 0.15) is 16.7 Å². The van der Waals surface area contributed by atoms with E-state index >= 15 is 0 Å². The molecule has 0 aliphatic carbocycles. The lowest BCUT2D eigenvalue weighted by Crippen LogP contribution is -2.46. The Morgan fingerprint density at radius 2 is 0.940 bits per heavy atom. The Morgan fingerprint density at radius 3 is 1.58 bits per heavy atom. The predicted molar refractivity (Wildman–Crippen MR) is 206 cm³/mol. The number of benzene rings is 7. The zero-order valence-electron chi connectivity index (χ0n) is 27.9. The molecule has 246 valence electrons. The second-order valence-electron chi connectivity index (χ2n) is 12.4. The molecule has 0 fully saturated rings. The molecular formula is C45H40N4O. The van der Waals surface area contributed by atoms with E-state index in [1.165, 1.54) is 5.56 Å². The number of hydrogen-bond acceptors (Lipinski definition) is 5. The maximum absolute atomic E-state index is 11.5. The molecule has 4 N–H and O–H groups in total. The molecule has 50 heavy (non-hydrogen) atoms. The average molecular weight is 653 g/mol. The van der Waals surface area contributed by atoms with Crippen LogP contribution < -0.4 is 11.2 Å². The van der Waals surface area contributed by atoms with Gasteiger partial charge in [0.1, 0.15) is 5.75 Å². The zero-order valence-corrected chi connectivity index (χ0v) is 27.9. The summed E-state index contributed by atoms with van der Waals surface area (Å²) in [4.78, 5) is 0. The van der Waals surface area contributed by atoms with E-state index in [1.807, 2.05) is 84.0 Å². The quantitative estimate of drug-likeness (QED) is 0.0906. The van der Waals surface area contributed by atoms with E-state index in [4.69, 9.17) is 5.84 Å². The molecule has 7 aromatic rings. The van der Waals surface area contributed by atoms with Crippen LogP contribution in [-0.2, 0) is 19.6 Å². The van der Waals surface area contributed by atoms with Gasteiger partial charge >= 0.3 is 0 Å². The maximum atomic E-state index is 11.5. The van der Waals surface area contributed by atoms with Gasteiger partial charge < -0.3 is 10.4 Å². The minimum atomic E-state index is 0.263. The highest BCUT2D eigenvalue weighted by Crippen LogP contribution is 2.41. The van der Waals surface area contributed by atoms with Crippen LogP contribution in [0.15, 0.2) is 182 Å². The largest absolute Gasteiger partial charge is 0.507 e. The molecule has 0 aliphatic rings. The summed E-state index contributed by atoms with van der Waals surface area (Å²) in [7, 11) is 0. The molecule has 0 heterocycles. The van der Waals surface area contributed by atoms with E-state index in [9.17, 15) is 5.11 Å². The molecule has 0 spiro atoms. The Balaban J connectivity index is 1.20. The van der Waals surface area contributed by atoms with Gasteiger partial charge in [-0.2, -0.15) is 5.12 Å². The van der Waals surface area contributed by atoms with Crippen LogP contribution in [0.3, 0.4) is 0 Å². The number of phenols is 1. The summed E-state index contributed by atoms with van der Waals surface area (Å²) in [5, 5.41) is 19.2. The van der Waals surface area contributed by atoms with Crippen molar-refractivity contribution in [3.63, 3.8) is 0 Å². The van der Waals surface area contributed by atoms with Gasteiger partial charge in [0.25, 0.3) is 0 Å². The van der Waals surface area contributed by atoms with E-state index in [2.05, 4.69) is 113 Å². The molecule has 0 radical (unpaired) electrons. The number of aromatic hydroxyl groups is 1. The molecule has 0 atom stereocenters. The number of anilines is 2. The number of nitrogens with two attached hydrogens (primary N) is 1. The molecule has 0 aromatic heterocycles. The highest BCUT2D eigenvalue weighted by atomic mass is 16.3. The lowest BCUT2D eigenvalue weighted by molar-refractivity contribution is -0.0511. The highest BCUT2D eigenvalue weighted by molar-refractivity contribution is 5.88. The van der Waals surface area contributed by atoms with E-state index in [0.717, 1.165) is 55.9 Å². The van der Waals surface area contributed by atoms with Crippen molar-refractivity contribution >= 4 is 11.4 Å². The molecule has 5 nitrogen and oxygen atoms in total. The first kappa shape index (κ1) is 32.6. The molecule has 0 unspecified atom stereocenters. The monoisotopic (exact) mass is 652 g/mol. The molecule has 7 aromatic carbocycles. The summed E-state index contributed by atoms with van der Waals surface area (Å²) in [5.74, 6) is 7.01. The number of hydrogen-bond donors (Lipinski definition) is 3. The number of nitrogens with zero attached hydrogens (tertiary/aromatic N) is 2. The molecule has 0 saturated carbocycles. The summed E-state index contributed by atoms with van der Waals surface area (Å²) in [6.07, 6.45) is 0. The normalized spacial score (nSPS) is 11.2. The number of nitrogens with one attached hydrogen (secondary N) is 1. The Hall–Kier alpha value is -5.98. The third-order valence-electron chi connectivity index (χ3n) is 8.87. The van der Waals surface area contributed by atoms with Crippen molar-refractivity contribution in [1.82, 2.24) is 10.1 Å². The Labute approximate surface area is 294 Å². The summed E-state index contributed by atoms with van der Waals surface area (Å²) in [6, 6.07) is 61.8. The van der Waals surface area contributed by atoms with E-state index in [0.29, 0.717) is 19.6 Å². The first-order chi connectivity index (χ1) is 24.6. The maximum Gasteiger partial charge on any atom is 0.131 e. The van der Waals surface area contributed by atoms with Crippen LogP contribution in [0.25, 0.3) is 33.4 Å². The van der Waals surface area contributed by atoms with E-state index in [-0.39, 0.29) is 5.75 Å². The standard InChI is InChI=1S/C45H40N4O/c46-49(33-35-17-7-2-8-18-35)48(31-34-15-5-1-6-16-34)32-36-19-13-24-40(29-36)47-44-30-39(27-28-41(44)37-20-9-3-10-21-37)43-26-14-25-42(45(43)50)38-22-11-4-12-23-38/h1-30,47,50H,31-33,46H2. The van der Waals surface area contributed by atoms with Crippen LogP contribution in [0.4, 0.5) is 11.4 Å². The fourth-order valence-corrected chi connectivity index (χ4v) is 6.33. The van der Waals surface area contributed by atoms with Gasteiger partial charge in [-0.15, -0.1) is 0 Å². The van der Waals surface area contributed by atoms with Crippen molar-refractivity contribution < 1.29 is 5.11 Å². The molecule has 0 aliphatic heterocycles. The summed E-state index contributed by atoms with van der Waals surface area (Å²) in [6.45, 7) is 1.89. The van der Waals surface area contributed by atoms with Gasteiger partial charge in [-0.25, -0.2) is 5.01 Å². The van der Waals surface area contributed by atoms with Crippen LogP contribution in [-0.4, -0.2) is 15.2 Å². The van der Waals surface area contributed by atoms with Crippen molar-refractivity contribution in [1.29, 1.82) is 0 Å². The second-order valence-corrected chi connectivity index (χ2v) is 12.4. The topological polar surface area (TPSA) is 64.8 Å². The summed E-state index contributed by atoms with van der Waals surface area (Å²) in [5.41, 5.74) is 11.0. The van der Waals surface area contributed by atoms with Gasteiger partial charge in [-0.3, -0.25) is 5.84 Å². The molecule has 0 saturated heterocycles. The number of phenolic OH excluding ortho intramolecular Hbond substituents is 1. The fourth-order valence-electron chi connectivity index (χ4n) is 6.33. The predicted octanol–water partition coefficient (Wildman–Crippen LogP) is 10.4. The number of hydrazine groups is 2. The van der Waals surface area contributed by atoms with Gasteiger partial charge in [0.15, 0.2) is 0 Å². The fraction of sp³-hybridized carbons (Fsp3) is 0.0667. The van der Waals surface area contributed by atoms with Gasteiger partial charge in [-0.05, 0) is 51.6 Å². The Bertz CT molecular complexity index is 2140. The number of para-hydroxylation sites is 1. The van der Waals surface area contributed by atoms with Crippen molar-refractivity contribution in [2.75, 3.05) is 5.32 Å². The van der Waals surface area contributed by atoms with Crippen LogP contribution in [0.2, 0.25) is 0 Å².